The lowest BCUT2D eigenvalue weighted by atomic mass is 10.4. The van der Waals surface area contributed by atoms with Gasteiger partial charge in [-0.3, -0.25) is 0 Å². The van der Waals surface area contributed by atoms with Crippen LogP contribution in [0.2, 0.25) is 0 Å². The van der Waals surface area contributed by atoms with Gasteiger partial charge in [-0.1, -0.05) is 5.16 Å². The molecule has 0 aliphatic carbocycles. The molecule has 8 heteroatoms. The van der Waals surface area contributed by atoms with Gasteiger partial charge < -0.3 is 22.2 Å². The lowest BCUT2D eigenvalue weighted by Gasteiger charge is -1.87. The maximum atomic E-state index is 8.13. The summed E-state index contributed by atoms with van der Waals surface area (Å²) in [5.74, 6) is -0.228. The van der Waals surface area contributed by atoms with E-state index < -0.39 is 0 Å². The van der Waals surface area contributed by atoms with Gasteiger partial charge in [-0.25, -0.2) is 4.63 Å². The van der Waals surface area contributed by atoms with E-state index in [0.29, 0.717) is 0 Å². The van der Waals surface area contributed by atoms with Crippen LogP contribution in [-0.2, 0) is 0 Å². The van der Waals surface area contributed by atoms with Gasteiger partial charge >= 0.3 is 0 Å². The molecule has 1 aromatic heterocycles. The van der Waals surface area contributed by atoms with Gasteiger partial charge in [0.1, 0.15) is 0 Å². The molecule has 0 radical (unpaired) electrons. The Bertz CT molecular complexity index is 255. The molecule has 0 unspecified atom stereocenters. The first kappa shape index (κ1) is 9.17. The highest BCUT2D eigenvalue weighted by Crippen LogP contribution is 2.01. The number of amidine groups is 1. The van der Waals surface area contributed by atoms with E-state index in [-0.39, 0.29) is 22.8 Å². The molecule has 0 aliphatic rings. The maximum Gasteiger partial charge on any atom is 0.199 e. The number of aromatic nitrogens is 2. The van der Waals surface area contributed by atoms with Crippen molar-refractivity contribution in [2.45, 2.75) is 0 Å². The second kappa shape index (κ2) is 3.37. The molecular formula is C3H7N5O3. The van der Waals surface area contributed by atoms with E-state index in [9.17, 15) is 0 Å². The van der Waals surface area contributed by atoms with Crippen molar-refractivity contribution in [1.29, 1.82) is 0 Å². The molecule has 7 N–H and O–H groups in total. The van der Waals surface area contributed by atoms with Crippen LogP contribution >= 0.6 is 0 Å². The number of oxime groups is 1. The smallest absolute Gasteiger partial charge is 0.199 e. The van der Waals surface area contributed by atoms with Crippen LogP contribution in [0.15, 0.2) is 9.78 Å². The maximum absolute atomic E-state index is 8.13. The van der Waals surface area contributed by atoms with E-state index in [1.54, 1.807) is 0 Å². The normalized spacial score (nSPS) is 10.7. The van der Waals surface area contributed by atoms with E-state index in [0.717, 1.165) is 0 Å². The van der Waals surface area contributed by atoms with Gasteiger partial charge in [0.05, 0.1) is 0 Å². The van der Waals surface area contributed by atoms with Gasteiger partial charge in [-0.05, 0) is 10.3 Å². The van der Waals surface area contributed by atoms with Crippen molar-refractivity contribution in [3.8, 4) is 0 Å². The molecule has 11 heavy (non-hydrogen) atoms. The minimum atomic E-state index is -0.223. The number of nitrogens with two attached hydrogens (primary N) is 2. The minimum Gasteiger partial charge on any atom is -0.412 e. The molecule has 0 bridgehead atoms. The molecule has 1 heterocycles. The molecular weight excluding hydrogens is 154 g/mol. The first-order valence-electron chi connectivity index (χ1n) is 2.31. The summed E-state index contributed by atoms with van der Waals surface area (Å²) in [7, 11) is 0. The largest absolute Gasteiger partial charge is 0.412 e. The van der Waals surface area contributed by atoms with Crippen molar-refractivity contribution >= 4 is 11.7 Å². The predicted molar refractivity (Wildman–Crippen MR) is 34.8 cm³/mol. The van der Waals surface area contributed by atoms with Crippen molar-refractivity contribution in [2.24, 2.45) is 10.9 Å². The minimum absolute atomic E-state index is 0. The van der Waals surface area contributed by atoms with Crippen LogP contribution in [0.25, 0.3) is 0 Å². The van der Waals surface area contributed by atoms with Gasteiger partial charge in [0, 0.05) is 0 Å². The Morgan fingerprint density at radius 1 is 1.55 bits per heavy atom. The zero-order valence-corrected chi connectivity index (χ0v) is 5.35. The summed E-state index contributed by atoms with van der Waals surface area (Å²) in [6.45, 7) is 0. The second-order valence-electron chi connectivity index (χ2n) is 1.48. The van der Waals surface area contributed by atoms with E-state index in [1.165, 1.54) is 0 Å². The highest BCUT2D eigenvalue weighted by molar-refractivity contribution is 5.98. The molecule has 0 spiro atoms. The molecule has 0 atom stereocenters. The molecule has 0 fully saturated rings. The van der Waals surface area contributed by atoms with Crippen LogP contribution in [-0.4, -0.2) is 26.8 Å². The van der Waals surface area contributed by atoms with Crippen molar-refractivity contribution < 1.29 is 15.3 Å². The van der Waals surface area contributed by atoms with Crippen LogP contribution in [0.3, 0.4) is 0 Å². The topological polar surface area (TPSA) is 155 Å². The van der Waals surface area contributed by atoms with Crippen LogP contribution in [0.5, 0.6) is 0 Å². The quantitative estimate of drug-likeness (QED) is 0.186. The van der Waals surface area contributed by atoms with Crippen LogP contribution in [0, 0.1) is 0 Å². The summed E-state index contributed by atoms with van der Waals surface area (Å²) >= 11 is 0. The van der Waals surface area contributed by atoms with Crippen molar-refractivity contribution in [1.82, 2.24) is 10.3 Å². The number of nitrogen functional groups attached to an aromatic ring is 1. The third kappa shape index (κ3) is 1.55. The summed E-state index contributed by atoms with van der Waals surface area (Å²) in [5.41, 5.74) is 10.3. The predicted octanol–water partition coefficient (Wildman–Crippen LogP) is -2.08. The Hall–Kier alpha value is -1.83. The Balaban J connectivity index is 0.000001000. The summed E-state index contributed by atoms with van der Waals surface area (Å²) in [6.07, 6.45) is 0. The fourth-order valence-corrected chi connectivity index (χ4v) is 0.421. The van der Waals surface area contributed by atoms with Crippen molar-refractivity contribution in [2.75, 3.05) is 5.73 Å². The van der Waals surface area contributed by atoms with E-state index in [4.69, 9.17) is 16.7 Å². The number of hydrogen-bond donors (Lipinski definition) is 3. The molecule has 0 saturated carbocycles. The highest BCUT2D eigenvalue weighted by atomic mass is 16.6. The van der Waals surface area contributed by atoms with Gasteiger partial charge in [0.25, 0.3) is 0 Å². The molecule has 0 aliphatic heterocycles. The SMILES string of the molecule is N/C(=N\O)c1nonc1N.O. The summed E-state index contributed by atoms with van der Waals surface area (Å²) in [5, 5.41) is 17.2. The Morgan fingerprint density at radius 3 is 2.55 bits per heavy atom. The van der Waals surface area contributed by atoms with Crippen LogP contribution < -0.4 is 11.5 Å². The van der Waals surface area contributed by atoms with Gasteiger partial charge in [0.2, 0.25) is 0 Å². The number of hydrogen-bond acceptors (Lipinski definition) is 6. The zero-order chi connectivity index (χ0) is 7.56. The van der Waals surface area contributed by atoms with Crippen molar-refractivity contribution in [3.05, 3.63) is 5.69 Å². The fourth-order valence-electron chi connectivity index (χ4n) is 0.421. The summed E-state index contributed by atoms with van der Waals surface area (Å²) in [4.78, 5) is 0. The first-order valence-corrected chi connectivity index (χ1v) is 2.31. The number of nitrogens with zero attached hydrogens (tertiary/aromatic N) is 3. The average molecular weight is 161 g/mol. The molecule has 62 valence electrons. The molecule has 0 saturated heterocycles. The van der Waals surface area contributed by atoms with Gasteiger partial charge in [-0.15, -0.1) is 0 Å². The number of rotatable bonds is 1. The molecule has 1 rings (SSSR count). The standard InChI is InChI=1S/C3H5N5O2.H2O/c4-2(6-9)1-3(5)8-10-7-1;/h9H,(H2,4,6)(H2,5,8);1H2. The Morgan fingerprint density at radius 2 is 2.18 bits per heavy atom. The Kier molecular flexibility index (Phi) is 2.81. The molecule has 1 aromatic rings. The monoisotopic (exact) mass is 161 g/mol. The fraction of sp³-hybridized carbons (Fsp3) is 0. The first-order chi connectivity index (χ1) is 4.75. The average Bonchev–Trinajstić information content (AvgIpc) is 2.34. The summed E-state index contributed by atoms with van der Waals surface area (Å²) < 4.78 is 4.17. The lowest BCUT2D eigenvalue weighted by Crippen LogP contribution is -2.15. The number of anilines is 1. The van der Waals surface area contributed by atoms with E-state index in [2.05, 4.69) is 20.1 Å². The zero-order valence-electron chi connectivity index (χ0n) is 5.35. The lowest BCUT2D eigenvalue weighted by molar-refractivity contribution is 0.305. The van der Waals surface area contributed by atoms with Crippen molar-refractivity contribution in [3.63, 3.8) is 0 Å². The van der Waals surface area contributed by atoms with Gasteiger partial charge in [-0.2, -0.15) is 0 Å². The second-order valence-corrected chi connectivity index (χ2v) is 1.48. The molecule has 0 aromatic carbocycles. The van der Waals surface area contributed by atoms with E-state index in [1.807, 2.05) is 0 Å². The van der Waals surface area contributed by atoms with Crippen LogP contribution in [0.4, 0.5) is 5.82 Å². The molecule has 8 nitrogen and oxygen atoms in total. The Labute approximate surface area is 60.7 Å². The summed E-state index contributed by atoms with van der Waals surface area (Å²) in [6, 6.07) is 0. The van der Waals surface area contributed by atoms with Gasteiger partial charge in [0.15, 0.2) is 17.3 Å². The molecule has 0 amide bonds. The third-order valence-corrected chi connectivity index (χ3v) is 0.864. The van der Waals surface area contributed by atoms with E-state index >= 15 is 0 Å². The highest BCUT2D eigenvalue weighted by Gasteiger charge is 2.09. The van der Waals surface area contributed by atoms with Crippen LogP contribution in [0.1, 0.15) is 5.69 Å². The third-order valence-electron chi connectivity index (χ3n) is 0.864.